The van der Waals surface area contributed by atoms with Crippen molar-refractivity contribution in [3.05, 3.63) is 536 Å². The molecule has 7 heteroatoms. The number of aromatic nitrogens is 5. The van der Waals surface area contributed by atoms with Gasteiger partial charge >= 0.3 is 0 Å². The van der Waals surface area contributed by atoms with E-state index in [0.29, 0.717) is 0 Å². The highest BCUT2D eigenvalue weighted by Crippen LogP contribution is 2.50. The van der Waals surface area contributed by atoms with Crippen LogP contribution < -0.4 is 0 Å². The molecule has 33 rings (SSSR count). The summed E-state index contributed by atoms with van der Waals surface area (Å²) in [6.45, 7) is 0. The minimum atomic E-state index is 0.931. The number of para-hydroxylation sites is 10. The van der Waals surface area contributed by atoms with Gasteiger partial charge in [0.1, 0.15) is 22.7 Å². The van der Waals surface area contributed by atoms with E-state index in [4.69, 9.17) is 8.83 Å². The van der Waals surface area contributed by atoms with Crippen LogP contribution in [0.3, 0.4) is 0 Å². The highest BCUT2D eigenvalue weighted by Gasteiger charge is 2.30. The molecule has 0 aliphatic heterocycles. The lowest BCUT2D eigenvalue weighted by molar-refractivity contribution is 0.568. The van der Waals surface area contributed by atoms with Crippen LogP contribution in [0.4, 0.5) is 0 Å². The van der Waals surface area contributed by atoms with Crippen molar-refractivity contribution in [3.63, 3.8) is 0 Å². The SMILES string of the molecule is c1ccc(-c2ccc3c(c2)-c2cc(-c4ccccc4)ccc2C3)cc1.c1ccc(-n2c3ccccc3c3c4c(ccc32)-c2ccccc2C4)cc1.c1ccc(-n2c3ccccc3c3c4ccc5[nH]c6ccccc6c5c4ccc32)cc1.c1ccc(-n2c3ccccc3c3cc4cc5[nH]c6ccccc6c5cc4cc32)cc1.c1ccc2c(c1)Cc1c-2oc2ccccc12.c1ccc2c(c1)Cc1oc3ccccc3c1-2. The van der Waals surface area contributed by atoms with E-state index in [-0.39, 0.29) is 0 Å². The zero-order valence-corrected chi connectivity index (χ0v) is 78.3. The van der Waals surface area contributed by atoms with Crippen LogP contribution in [-0.2, 0) is 25.7 Å². The summed E-state index contributed by atoms with van der Waals surface area (Å²) in [5.74, 6) is 2.18. The third kappa shape index (κ3) is 14.0. The van der Waals surface area contributed by atoms with Gasteiger partial charge in [-0.15, -0.1) is 0 Å². The monoisotopic (exact) mass is 1830 g/mol. The Bertz CT molecular complexity index is 9970. The van der Waals surface area contributed by atoms with Crippen LogP contribution >= 0.6 is 0 Å². The molecule has 2 N–H and O–H groups in total. The number of aromatic amines is 2. The van der Waals surface area contributed by atoms with Gasteiger partial charge in [-0.25, -0.2) is 0 Å². The van der Waals surface area contributed by atoms with E-state index in [1.807, 2.05) is 24.3 Å². The molecule has 0 amide bonds. The Balaban J connectivity index is 0.0000000848. The van der Waals surface area contributed by atoms with Gasteiger partial charge in [0, 0.05) is 133 Å². The fourth-order valence-electron chi connectivity index (χ4n) is 23.5. The van der Waals surface area contributed by atoms with E-state index in [1.165, 1.54) is 259 Å². The molecule has 672 valence electrons. The first kappa shape index (κ1) is 82.7. The zero-order valence-electron chi connectivity index (χ0n) is 78.3. The van der Waals surface area contributed by atoms with Gasteiger partial charge in [0.15, 0.2) is 0 Å². The minimum Gasteiger partial charge on any atom is -0.460 e. The molecule has 0 atom stereocenters. The van der Waals surface area contributed by atoms with E-state index in [9.17, 15) is 0 Å². The predicted octanol–water partition coefficient (Wildman–Crippen LogP) is 36.1. The number of nitrogens with zero attached hydrogens (tertiary/aromatic N) is 3. The minimum absolute atomic E-state index is 0.931. The van der Waals surface area contributed by atoms with Crippen molar-refractivity contribution in [1.82, 2.24) is 23.7 Å². The van der Waals surface area contributed by atoms with Crippen molar-refractivity contribution in [3.8, 4) is 84.0 Å². The third-order valence-electron chi connectivity index (χ3n) is 30.0. The number of hydrogen-bond acceptors (Lipinski definition) is 2. The Morgan fingerprint density at radius 1 is 0.189 bits per heavy atom. The normalized spacial score (nSPS) is 12.2. The van der Waals surface area contributed by atoms with Crippen molar-refractivity contribution in [2.75, 3.05) is 0 Å². The molecule has 7 nitrogen and oxygen atoms in total. The largest absolute Gasteiger partial charge is 0.460 e. The average molecular weight is 1830 g/mol. The highest BCUT2D eigenvalue weighted by atomic mass is 16.3. The van der Waals surface area contributed by atoms with Crippen LogP contribution in [0, 0.1) is 0 Å². The van der Waals surface area contributed by atoms with Crippen LogP contribution in [0.25, 0.3) is 237 Å². The smallest absolute Gasteiger partial charge is 0.139 e. The fourth-order valence-corrected chi connectivity index (χ4v) is 23.5. The van der Waals surface area contributed by atoms with Crippen molar-refractivity contribution < 1.29 is 8.83 Å². The van der Waals surface area contributed by atoms with Gasteiger partial charge in [-0.2, -0.15) is 0 Å². The average Bonchev–Trinajstić information content (AvgIpc) is 1.55. The molecule has 143 heavy (non-hydrogen) atoms. The van der Waals surface area contributed by atoms with E-state index in [0.717, 1.165) is 48.4 Å². The standard InChI is InChI=1S/2C28H18N2.C25H17N.C25H18.2C15H10O/c1-2-8-20(9-3-1)30-27-13-7-5-11-22(27)24-15-18-16-26-23(14-19(18)17-28(24)30)21-10-4-6-12-25(21)29-26;1-2-8-18(9-3-1)30-25-13-7-5-11-22(25)28-20-14-16-24-27(19(20)15-17-26(28)30)21-10-4-6-12-23(21)29-24;1-2-9-18(10-3-1)26-23-13-7-6-12-21(23)25-22-16-17-8-4-5-11-19(17)20(22)14-15-24(25)26;1-3-7-18(8-4-1)20-11-13-22-15-23-14-12-21(17-25(23)24(22)16-20)19-9-5-2-6-10-19;1-2-6-11-10(5-1)9-13-12-7-3-4-8-14(12)16-15(11)13;1-2-6-11-10(5-1)9-14-15(11)12-7-3-4-8-13(12)16-14/h2*1-17,29H;1-15H,16H2;1-14,16-17H,15H2;2*1-8H,9H2. The van der Waals surface area contributed by atoms with Crippen LogP contribution in [0.5, 0.6) is 0 Å². The first-order valence-electron chi connectivity index (χ1n) is 49.5. The molecule has 0 spiro atoms. The van der Waals surface area contributed by atoms with E-state index in [2.05, 4.69) is 491 Å². The lowest BCUT2D eigenvalue weighted by Crippen LogP contribution is -1.93. The maximum absolute atomic E-state index is 5.94. The van der Waals surface area contributed by atoms with Gasteiger partial charge in [-0.3, -0.25) is 0 Å². The number of furan rings is 2. The second kappa shape index (κ2) is 34.3. The molecule has 29 aromatic rings. The quantitative estimate of drug-likeness (QED) is 0.180. The lowest BCUT2D eigenvalue weighted by atomic mass is 9.96. The van der Waals surface area contributed by atoms with Gasteiger partial charge < -0.3 is 32.5 Å². The summed E-state index contributed by atoms with van der Waals surface area (Å²) >= 11 is 0. The highest BCUT2D eigenvalue weighted by molar-refractivity contribution is 6.29. The predicted molar refractivity (Wildman–Crippen MR) is 599 cm³/mol. The van der Waals surface area contributed by atoms with Gasteiger partial charge in [0.25, 0.3) is 0 Å². The van der Waals surface area contributed by atoms with Gasteiger partial charge in [0.2, 0.25) is 0 Å². The number of benzene rings is 22. The zero-order chi connectivity index (χ0) is 94.1. The number of fused-ring (bicyclic) bond motifs is 36. The second-order valence-corrected chi connectivity index (χ2v) is 38.0. The number of rotatable bonds is 5. The van der Waals surface area contributed by atoms with Crippen LogP contribution in [0.1, 0.15) is 44.7 Å². The molecule has 0 bridgehead atoms. The molecule has 7 aromatic heterocycles. The molecule has 7 heterocycles. The Morgan fingerprint density at radius 3 is 1.25 bits per heavy atom. The molecular formula is C136H91N5O2. The van der Waals surface area contributed by atoms with Crippen LogP contribution in [0.2, 0.25) is 0 Å². The summed E-state index contributed by atoms with van der Waals surface area (Å²) in [4.78, 5) is 7.16. The molecular weight excluding hydrogens is 1740 g/mol. The molecule has 0 saturated heterocycles. The number of hydrogen-bond donors (Lipinski definition) is 2. The third-order valence-corrected chi connectivity index (χ3v) is 30.0. The van der Waals surface area contributed by atoms with Crippen molar-refractivity contribution in [2.24, 2.45) is 0 Å². The fraction of sp³-hybridized carbons (Fsp3) is 0.0294. The Morgan fingerprint density at radius 2 is 0.615 bits per heavy atom. The van der Waals surface area contributed by atoms with Crippen molar-refractivity contribution in [1.29, 1.82) is 0 Å². The van der Waals surface area contributed by atoms with E-state index < -0.39 is 0 Å². The van der Waals surface area contributed by atoms with E-state index in [1.54, 1.807) is 0 Å². The summed E-state index contributed by atoms with van der Waals surface area (Å²) in [5, 5.41) is 20.7. The van der Waals surface area contributed by atoms with Gasteiger partial charge in [-0.1, -0.05) is 358 Å². The molecule has 4 aliphatic rings. The van der Waals surface area contributed by atoms with E-state index >= 15 is 0 Å². The lowest BCUT2D eigenvalue weighted by Gasteiger charge is -2.08. The molecule has 22 aromatic carbocycles. The number of nitrogens with one attached hydrogen (secondary N) is 2. The molecule has 0 unspecified atom stereocenters. The summed E-state index contributed by atoms with van der Waals surface area (Å²) in [5.41, 5.74) is 42.3. The van der Waals surface area contributed by atoms with Crippen molar-refractivity contribution in [2.45, 2.75) is 25.7 Å². The second-order valence-electron chi connectivity index (χ2n) is 38.0. The van der Waals surface area contributed by atoms with Gasteiger partial charge in [0.05, 0.1) is 33.1 Å². The maximum atomic E-state index is 5.94. The topological polar surface area (TPSA) is 72.7 Å². The van der Waals surface area contributed by atoms with Crippen LogP contribution in [-0.4, -0.2) is 23.7 Å². The summed E-state index contributed by atoms with van der Waals surface area (Å²) in [6.07, 6.45) is 3.99. The summed E-state index contributed by atoms with van der Waals surface area (Å²) in [7, 11) is 0. The molecule has 0 radical (unpaired) electrons. The van der Waals surface area contributed by atoms with Crippen LogP contribution in [0.15, 0.2) is 500 Å². The molecule has 4 aliphatic carbocycles. The van der Waals surface area contributed by atoms with Gasteiger partial charge in [-0.05, 0) is 251 Å². The number of H-pyrrole nitrogens is 2. The first-order chi connectivity index (χ1) is 70.9. The van der Waals surface area contributed by atoms with Crippen molar-refractivity contribution >= 4 is 153 Å². The Kier molecular flexibility index (Phi) is 19.8. The first-order valence-corrected chi connectivity index (χ1v) is 49.5. The molecule has 0 saturated carbocycles. The Labute approximate surface area is 825 Å². The molecule has 0 fully saturated rings. The summed E-state index contributed by atoms with van der Waals surface area (Å²) < 4.78 is 19.0. The maximum Gasteiger partial charge on any atom is 0.139 e. The Hall–Kier alpha value is -18.6. The summed E-state index contributed by atoms with van der Waals surface area (Å²) in [6, 6.07) is 176.